The molecule has 0 saturated heterocycles. The number of carbonyl (C=O) groups excluding carboxylic acids is 1. The molecule has 37 heavy (non-hydrogen) atoms. The van der Waals surface area contributed by atoms with Crippen LogP contribution in [0, 0.1) is 0 Å². The van der Waals surface area contributed by atoms with E-state index in [2.05, 4.69) is 10.1 Å². The molecule has 3 heterocycles. The Morgan fingerprint density at radius 3 is 2.62 bits per heavy atom. The third-order valence-electron chi connectivity index (χ3n) is 5.94. The molecular formula is C25H20ClF6N3O2. The second-order valence-corrected chi connectivity index (χ2v) is 9.29. The number of rotatable bonds is 7. The Morgan fingerprint density at radius 2 is 1.92 bits per heavy atom. The predicted octanol–water partition coefficient (Wildman–Crippen LogP) is 7.63. The highest BCUT2D eigenvalue weighted by atomic mass is 35.5. The number of nitrogens with zero attached hydrogens (tertiary/aromatic N) is 3. The number of hydrogen-bond acceptors (Lipinski definition) is 4. The van der Waals surface area contributed by atoms with Gasteiger partial charge in [0.2, 0.25) is 0 Å². The standard InChI is InChI=1S/C25H20ClF6N3O2/c1-23(15-9-16(25(30,31)32)11-17(26)10-15)12-18(34-37-23)4-5-19-6-7-20(21-13-33-14-35(19)21)22(36)3-2-8-24(27,28)29/h4-7,9-11,13-14H,2-3,8,12H2,1H3/b5-4+. The van der Waals surface area contributed by atoms with Crippen molar-refractivity contribution in [2.24, 2.45) is 5.16 Å². The molecule has 0 aliphatic carbocycles. The van der Waals surface area contributed by atoms with Gasteiger partial charge in [-0.1, -0.05) is 16.8 Å². The van der Waals surface area contributed by atoms with E-state index < -0.39 is 35.7 Å². The Labute approximate surface area is 212 Å². The Kier molecular flexibility index (Phi) is 7.11. The first kappa shape index (κ1) is 26.7. The van der Waals surface area contributed by atoms with Crippen LogP contribution in [0.2, 0.25) is 5.02 Å². The van der Waals surface area contributed by atoms with Crippen LogP contribution in [0.5, 0.6) is 0 Å². The van der Waals surface area contributed by atoms with Crippen molar-refractivity contribution in [3.8, 4) is 0 Å². The molecule has 3 aromatic rings. The average Bonchev–Trinajstić information content (AvgIpc) is 3.43. The van der Waals surface area contributed by atoms with E-state index in [1.807, 2.05) is 0 Å². The highest BCUT2D eigenvalue weighted by Crippen LogP contribution is 2.40. The van der Waals surface area contributed by atoms with Gasteiger partial charge in [0.1, 0.15) is 0 Å². The lowest BCUT2D eigenvalue weighted by Gasteiger charge is -2.23. The third kappa shape index (κ3) is 6.15. The number of halogens is 7. The third-order valence-corrected chi connectivity index (χ3v) is 6.16. The summed E-state index contributed by atoms with van der Waals surface area (Å²) in [6.45, 7) is 1.61. The van der Waals surface area contributed by atoms with Gasteiger partial charge < -0.3 is 4.84 Å². The molecule has 196 valence electrons. The number of oxime groups is 1. The Morgan fingerprint density at radius 1 is 1.16 bits per heavy atom. The molecular weight excluding hydrogens is 524 g/mol. The van der Waals surface area contributed by atoms with Gasteiger partial charge in [-0.2, -0.15) is 26.3 Å². The molecule has 1 aliphatic rings. The molecule has 0 spiro atoms. The van der Waals surface area contributed by atoms with Crippen LogP contribution < -0.4 is 0 Å². The number of ketones is 1. The van der Waals surface area contributed by atoms with Gasteiger partial charge in [0.15, 0.2) is 11.4 Å². The van der Waals surface area contributed by atoms with Crippen molar-refractivity contribution < 1.29 is 36.0 Å². The number of fused-ring (bicyclic) bond motifs is 1. The van der Waals surface area contributed by atoms with E-state index in [-0.39, 0.29) is 35.4 Å². The summed E-state index contributed by atoms with van der Waals surface area (Å²) >= 11 is 5.91. The van der Waals surface area contributed by atoms with Crippen molar-refractivity contribution >= 4 is 34.7 Å². The molecule has 5 nitrogen and oxygen atoms in total. The van der Waals surface area contributed by atoms with Crippen molar-refractivity contribution in [3.05, 3.63) is 76.3 Å². The van der Waals surface area contributed by atoms with Crippen LogP contribution in [0.4, 0.5) is 26.3 Å². The lowest BCUT2D eigenvalue weighted by molar-refractivity contribution is -0.138. The Bertz CT molecular complexity index is 1390. The first-order chi connectivity index (χ1) is 17.2. The molecule has 0 amide bonds. The van der Waals surface area contributed by atoms with E-state index in [1.54, 1.807) is 29.5 Å². The normalized spacial score (nSPS) is 18.4. The van der Waals surface area contributed by atoms with Crippen molar-refractivity contribution in [1.29, 1.82) is 0 Å². The fraction of sp³-hybridized carbons (Fsp3) is 0.320. The lowest BCUT2D eigenvalue weighted by atomic mass is 9.89. The van der Waals surface area contributed by atoms with Gasteiger partial charge in [-0.15, -0.1) is 0 Å². The van der Waals surface area contributed by atoms with Crippen LogP contribution >= 0.6 is 11.6 Å². The van der Waals surface area contributed by atoms with E-state index >= 15 is 0 Å². The summed E-state index contributed by atoms with van der Waals surface area (Å²) in [5, 5.41) is 3.93. The first-order valence-corrected chi connectivity index (χ1v) is 11.5. The van der Waals surface area contributed by atoms with Crippen LogP contribution in [0.15, 0.2) is 54.1 Å². The summed E-state index contributed by atoms with van der Waals surface area (Å²) in [7, 11) is 0. The molecule has 2 aromatic heterocycles. The molecule has 1 atom stereocenters. The van der Waals surface area contributed by atoms with Crippen LogP contribution in [-0.2, 0) is 16.6 Å². The fourth-order valence-electron chi connectivity index (χ4n) is 4.04. The number of hydrogen-bond donors (Lipinski definition) is 0. The zero-order valence-electron chi connectivity index (χ0n) is 19.3. The molecule has 4 rings (SSSR count). The second kappa shape index (κ2) is 9.85. The van der Waals surface area contributed by atoms with Gasteiger partial charge in [-0.3, -0.25) is 9.20 Å². The summed E-state index contributed by atoms with van der Waals surface area (Å²) in [6.07, 6.45) is -4.12. The topological polar surface area (TPSA) is 56.0 Å². The van der Waals surface area contributed by atoms with Gasteiger partial charge in [0.25, 0.3) is 0 Å². The van der Waals surface area contributed by atoms with Crippen LogP contribution in [0.3, 0.4) is 0 Å². The number of benzene rings is 1. The summed E-state index contributed by atoms with van der Waals surface area (Å²) in [5.74, 6) is -0.422. The van der Waals surface area contributed by atoms with E-state index in [4.69, 9.17) is 16.4 Å². The smallest absolute Gasteiger partial charge is 0.384 e. The molecule has 0 bridgehead atoms. The quantitative estimate of drug-likeness (QED) is 0.227. The van der Waals surface area contributed by atoms with Crippen LogP contribution in [-0.4, -0.2) is 27.1 Å². The molecule has 0 fully saturated rings. The van der Waals surface area contributed by atoms with Crippen molar-refractivity contribution in [3.63, 3.8) is 0 Å². The number of allylic oxidation sites excluding steroid dienone is 1. The van der Waals surface area contributed by atoms with Crippen molar-refractivity contribution in [2.75, 3.05) is 0 Å². The molecule has 1 aliphatic heterocycles. The minimum absolute atomic E-state index is 0.0748. The molecule has 12 heteroatoms. The minimum atomic E-state index is -4.57. The van der Waals surface area contributed by atoms with Gasteiger partial charge in [-0.05, 0) is 55.8 Å². The van der Waals surface area contributed by atoms with E-state index in [0.717, 1.165) is 12.1 Å². The summed E-state index contributed by atoms with van der Waals surface area (Å²) in [4.78, 5) is 22.0. The van der Waals surface area contributed by atoms with Crippen molar-refractivity contribution in [2.45, 2.75) is 50.6 Å². The van der Waals surface area contributed by atoms with E-state index in [1.165, 1.54) is 24.7 Å². The predicted molar refractivity (Wildman–Crippen MR) is 125 cm³/mol. The zero-order valence-corrected chi connectivity index (χ0v) is 20.1. The van der Waals surface area contributed by atoms with E-state index in [9.17, 15) is 31.1 Å². The highest BCUT2D eigenvalue weighted by Gasteiger charge is 2.39. The molecule has 1 aromatic carbocycles. The molecule has 0 N–H and O–H groups in total. The SMILES string of the molecule is CC1(c2cc(Cl)cc(C(F)(F)F)c2)CC(/C=C/c2ccc(C(=O)CCCC(F)(F)F)c3cncn23)=NO1. The second-order valence-electron chi connectivity index (χ2n) is 8.85. The maximum atomic E-state index is 13.2. The number of pyridine rings is 1. The van der Waals surface area contributed by atoms with Gasteiger partial charge in [-0.25, -0.2) is 4.98 Å². The highest BCUT2D eigenvalue weighted by molar-refractivity contribution is 6.30. The zero-order chi connectivity index (χ0) is 27.0. The Balaban J connectivity index is 1.50. The van der Waals surface area contributed by atoms with Crippen LogP contribution in [0.25, 0.3) is 11.6 Å². The maximum Gasteiger partial charge on any atom is 0.416 e. The van der Waals surface area contributed by atoms with Crippen molar-refractivity contribution in [1.82, 2.24) is 9.38 Å². The molecule has 1 unspecified atom stereocenters. The summed E-state index contributed by atoms with van der Waals surface area (Å²) in [6, 6.07) is 6.36. The number of Topliss-reactive ketones (excluding diaryl/α,β-unsaturated/α-hetero) is 1. The minimum Gasteiger partial charge on any atom is -0.384 e. The summed E-state index contributed by atoms with van der Waals surface area (Å²) < 4.78 is 78.5. The number of carbonyl (C=O) groups is 1. The van der Waals surface area contributed by atoms with E-state index in [0.29, 0.717) is 16.9 Å². The fourth-order valence-corrected chi connectivity index (χ4v) is 4.28. The number of aromatic nitrogens is 2. The monoisotopic (exact) mass is 543 g/mol. The first-order valence-electron chi connectivity index (χ1n) is 11.1. The van der Waals surface area contributed by atoms with Gasteiger partial charge in [0, 0.05) is 41.1 Å². The summed E-state index contributed by atoms with van der Waals surface area (Å²) in [5.41, 5.74) is -0.0835. The number of alkyl halides is 6. The van der Waals surface area contributed by atoms with Gasteiger partial charge >= 0.3 is 12.4 Å². The largest absolute Gasteiger partial charge is 0.416 e. The average molecular weight is 544 g/mol. The molecule has 0 radical (unpaired) electrons. The lowest BCUT2D eigenvalue weighted by Crippen LogP contribution is -2.22. The Hall–Kier alpha value is -3.34. The number of imidazole rings is 1. The maximum absolute atomic E-state index is 13.2. The van der Waals surface area contributed by atoms with Gasteiger partial charge in [0.05, 0.1) is 29.3 Å². The van der Waals surface area contributed by atoms with Crippen LogP contribution in [0.1, 0.15) is 59.8 Å². The molecule has 0 saturated carbocycles.